The molecule has 6 N–H and O–H groups in total. The van der Waals surface area contributed by atoms with Gasteiger partial charge in [0.2, 0.25) is 0 Å². The normalized spacial score (nSPS) is 13.4. The molecule has 0 saturated heterocycles. The summed E-state index contributed by atoms with van der Waals surface area (Å²) in [5, 5.41) is 3.97. The van der Waals surface area contributed by atoms with E-state index in [1.165, 1.54) is 10.6 Å². The van der Waals surface area contributed by atoms with Crippen LogP contribution in [0.25, 0.3) is 28.0 Å². The average Bonchev–Trinajstić information content (AvgIpc) is 3.40. The molecule has 0 saturated carbocycles. The monoisotopic (exact) mass is 641 g/mol. The largest absolute Gasteiger partial charge is 0.388 e. The first kappa shape index (κ1) is 34.2. The fourth-order valence-electron chi connectivity index (χ4n) is 5.39. The number of hydrogen-bond donors (Lipinski definition) is 4. The summed E-state index contributed by atoms with van der Waals surface area (Å²) in [6.45, 7) is 5.53. The van der Waals surface area contributed by atoms with Crippen LogP contribution in [0.15, 0.2) is 52.4 Å². The predicted molar refractivity (Wildman–Crippen MR) is 177 cm³/mol. The number of amidine groups is 1. The van der Waals surface area contributed by atoms with Crippen molar-refractivity contribution < 1.29 is 13.5 Å². The third-order valence-corrected chi connectivity index (χ3v) is 7.88. The zero-order valence-corrected chi connectivity index (χ0v) is 26.8. The van der Waals surface area contributed by atoms with E-state index in [0.29, 0.717) is 54.3 Å². The van der Waals surface area contributed by atoms with E-state index in [0.717, 1.165) is 37.7 Å². The molecule has 45 heavy (non-hydrogen) atoms. The molecular formula is C33H42ClF2N7O2. The lowest BCUT2D eigenvalue weighted by Crippen LogP contribution is -2.25. The van der Waals surface area contributed by atoms with Crippen molar-refractivity contribution in [2.75, 3.05) is 26.8 Å². The number of aliphatic imine (C=N–C) groups is 1. The van der Waals surface area contributed by atoms with Gasteiger partial charge in [-0.15, -0.1) is 0 Å². The molecule has 2 heterocycles. The maximum absolute atomic E-state index is 15.5. The second kappa shape index (κ2) is 16.1. The first-order valence-corrected chi connectivity index (χ1v) is 15.6. The van der Waals surface area contributed by atoms with Crippen LogP contribution in [0.2, 0.25) is 5.02 Å². The van der Waals surface area contributed by atoms with Gasteiger partial charge < -0.3 is 26.5 Å². The van der Waals surface area contributed by atoms with Crippen molar-refractivity contribution >= 4 is 28.5 Å². The van der Waals surface area contributed by atoms with Crippen molar-refractivity contribution in [1.29, 1.82) is 0 Å². The van der Waals surface area contributed by atoms with Crippen molar-refractivity contribution in [1.82, 2.24) is 19.9 Å². The standard InChI is InChI=1S/C33H42ClF2N7O2/c1-4-7-29(40-13-6-12-39-20(2)37)25-11-10-24(17-28(25)35)43-18-22-16-30(41-32(22)42-33(43)44)26-14-21(15-27(34)31(26)36)8-5-9-23(38)19-45-3/h10-11,14-18,23,29,40H,4-9,12-13,19,38H2,1-3H3,(H2,37,39)(H,41,42,44). The Bertz CT molecular complexity index is 1680. The average molecular weight is 642 g/mol. The van der Waals surface area contributed by atoms with Crippen LogP contribution in [0.1, 0.15) is 63.1 Å². The van der Waals surface area contributed by atoms with Crippen LogP contribution < -0.4 is 22.5 Å². The maximum Gasteiger partial charge on any atom is 0.354 e. The number of nitrogens with zero attached hydrogens (tertiary/aromatic N) is 3. The molecule has 0 fully saturated rings. The number of methoxy groups -OCH3 is 1. The quantitative estimate of drug-likeness (QED) is 0.0693. The highest BCUT2D eigenvalue weighted by Gasteiger charge is 2.18. The van der Waals surface area contributed by atoms with Gasteiger partial charge in [-0.05, 0) is 81.5 Å². The smallest absolute Gasteiger partial charge is 0.354 e. The van der Waals surface area contributed by atoms with E-state index in [-0.39, 0.29) is 28.3 Å². The molecule has 0 amide bonds. The zero-order valence-electron chi connectivity index (χ0n) is 26.0. The van der Waals surface area contributed by atoms with Gasteiger partial charge in [0, 0.05) is 48.4 Å². The molecule has 12 heteroatoms. The molecule has 0 aliphatic rings. The number of nitrogens with one attached hydrogen (secondary N) is 2. The number of H-pyrrole nitrogens is 1. The number of aryl methyl sites for hydroxylation is 1. The van der Waals surface area contributed by atoms with Crippen molar-refractivity contribution in [2.24, 2.45) is 16.5 Å². The van der Waals surface area contributed by atoms with E-state index >= 15 is 8.78 Å². The lowest BCUT2D eigenvalue weighted by molar-refractivity contribution is 0.176. The Morgan fingerprint density at radius 2 is 2.00 bits per heavy atom. The van der Waals surface area contributed by atoms with E-state index in [1.807, 2.05) is 6.92 Å². The molecule has 2 aromatic carbocycles. The number of rotatable bonds is 16. The lowest BCUT2D eigenvalue weighted by atomic mass is 10.0. The molecule has 0 aliphatic carbocycles. The fourth-order valence-corrected chi connectivity index (χ4v) is 5.63. The summed E-state index contributed by atoms with van der Waals surface area (Å²) in [5.74, 6) is -0.460. The Morgan fingerprint density at radius 1 is 1.20 bits per heavy atom. The van der Waals surface area contributed by atoms with Gasteiger partial charge in [-0.3, -0.25) is 9.56 Å². The van der Waals surface area contributed by atoms with E-state index in [1.54, 1.807) is 50.6 Å². The minimum Gasteiger partial charge on any atom is -0.388 e. The van der Waals surface area contributed by atoms with E-state index in [9.17, 15) is 4.79 Å². The van der Waals surface area contributed by atoms with E-state index in [4.69, 9.17) is 27.8 Å². The molecule has 0 bridgehead atoms. The summed E-state index contributed by atoms with van der Waals surface area (Å²) in [7, 11) is 1.61. The molecule has 0 radical (unpaired) electrons. The second-order valence-electron chi connectivity index (χ2n) is 11.3. The van der Waals surface area contributed by atoms with E-state index < -0.39 is 17.3 Å². The minimum atomic E-state index is -0.596. The number of ether oxygens (including phenoxy) is 1. The number of aromatic nitrogens is 3. The minimum absolute atomic E-state index is 0.000441. The number of nitrogens with two attached hydrogens (primary N) is 2. The Kier molecular flexibility index (Phi) is 12.2. The van der Waals surface area contributed by atoms with Crippen molar-refractivity contribution in [2.45, 2.75) is 64.5 Å². The Labute approximate surface area is 267 Å². The molecule has 0 aliphatic heterocycles. The van der Waals surface area contributed by atoms with Gasteiger partial charge >= 0.3 is 5.69 Å². The molecule has 242 valence electrons. The van der Waals surface area contributed by atoms with Crippen LogP contribution in [-0.2, 0) is 11.2 Å². The summed E-state index contributed by atoms with van der Waals surface area (Å²) in [5.41, 5.74) is 13.7. The highest BCUT2D eigenvalue weighted by Crippen LogP contribution is 2.31. The SMILES string of the molecule is CCCC(NCCCN=C(C)N)c1ccc(-n2cc3cc(-c4cc(CCCC(N)COC)cc(Cl)c4F)[nH]c3nc2=O)cc1F. The van der Waals surface area contributed by atoms with Gasteiger partial charge in [-0.2, -0.15) is 4.98 Å². The van der Waals surface area contributed by atoms with Crippen LogP contribution in [0, 0.1) is 11.6 Å². The number of aromatic amines is 1. The summed E-state index contributed by atoms with van der Waals surface area (Å²) < 4.78 is 37.0. The first-order valence-electron chi connectivity index (χ1n) is 15.3. The van der Waals surface area contributed by atoms with Crippen LogP contribution in [-0.4, -0.2) is 53.2 Å². The van der Waals surface area contributed by atoms with Gasteiger partial charge in [0.15, 0.2) is 5.82 Å². The molecule has 9 nitrogen and oxygen atoms in total. The van der Waals surface area contributed by atoms with Crippen molar-refractivity contribution in [3.05, 3.63) is 80.9 Å². The highest BCUT2D eigenvalue weighted by molar-refractivity contribution is 6.31. The molecular weight excluding hydrogens is 600 g/mol. The van der Waals surface area contributed by atoms with Gasteiger partial charge in [0.25, 0.3) is 0 Å². The molecule has 0 spiro atoms. The molecule has 4 rings (SSSR count). The highest BCUT2D eigenvalue weighted by atomic mass is 35.5. The third-order valence-electron chi connectivity index (χ3n) is 7.61. The van der Waals surface area contributed by atoms with Crippen molar-refractivity contribution in [3.63, 3.8) is 0 Å². The Balaban J connectivity index is 1.57. The van der Waals surface area contributed by atoms with Gasteiger partial charge in [-0.25, -0.2) is 13.6 Å². The third kappa shape index (κ3) is 8.97. The van der Waals surface area contributed by atoms with Crippen LogP contribution in [0.3, 0.4) is 0 Å². The molecule has 2 aromatic heterocycles. The number of hydrogen-bond acceptors (Lipinski definition) is 6. The van der Waals surface area contributed by atoms with Crippen molar-refractivity contribution in [3.8, 4) is 16.9 Å². The Hall–Kier alpha value is -3.64. The first-order chi connectivity index (χ1) is 21.6. The summed E-state index contributed by atoms with van der Waals surface area (Å²) in [6, 6.07) is 9.53. The van der Waals surface area contributed by atoms with Gasteiger partial charge in [-0.1, -0.05) is 31.0 Å². The number of halogens is 3. The van der Waals surface area contributed by atoms with Crippen LogP contribution in [0.4, 0.5) is 8.78 Å². The zero-order chi connectivity index (χ0) is 32.5. The fraction of sp³-hybridized carbons (Fsp3) is 0.424. The molecule has 4 aromatic rings. The predicted octanol–water partition coefficient (Wildman–Crippen LogP) is 5.81. The molecule has 2 atom stereocenters. The summed E-state index contributed by atoms with van der Waals surface area (Å²) in [4.78, 5) is 24.4. The van der Waals surface area contributed by atoms with Crippen LogP contribution in [0.5, 0.6) is 0 Å². The lowest BCUT2D eigenvalue weighted by Gasteiger charge is -2.20. The topological polar surface area (TPSA) is 136 Å². The summed E-state index contributed by atoms with van der Waals surface area (Å²) >= 11 is 6.26. The Morgan fingerprint density at radius 3 is 2.71 bits per heavy atom. The van der Waals surface area contributed by atoms with Crippen LogP contribution >= 0.6 is 11.6 Å². The maximum atomic E-state index is 15.5. The number of fused-ring (bicyclic) bond motifs is 1. The molecule has 2 unspecified atom stereocenters. The van der Waals surface area contributed by atoms with E-state index in [2.05, 4.69) is 20.3 Å². The van der Waals surface area contributed by atoms with Gasteiger partial charge in [0.1, 0.15) is 11.5 Å². The van der Waals surface area contributed by atoms with Gasteiger partial charge in [0.05, 0.1) is 28.8 Å². The summed E-state index contributed by atoms with van der Waals surface area (Å²) in [6.07, 6.45) is 6.16. The second-order valence-corrected chi connectivity index (χ2v) is 11.7. The number of benzene rings is 2.